The Hall–Kier alpha value is -0.780. The molecule has 0 saturated heterocycles. The van der Waals surface area contributed by atoms with Crippen molar-refractivity contribution in [1.82, 2.24) is 0 Å². The van der Waals surface area contributed by atoms with Crippen molar-refractivity contribution in [3.05, 3.63) is 37.0 Å². The second-order valence-corrected chi connectivity index (χ2v) is 4.98. The van der Waals surface area contributed by atoms with Gasteiger partial charge in [-0.2, -0.15) is 0 Å². The Morgan fingerprint density at radius 3 is 1.78 bits per heavy atom. The first-order chi connectivity index (χ1) is 8.91. The van der Waals surface area contributed by atoms with E-state index >= 15 is 0 Å². The summed E-state index contributed by atoms with van der Waals surface area (Å²) in [6.07, 6.45) is 25.0. The molecule has 0 aromatic rings. The van der Waals surface area contributed by atoms with Crippen molar-refractivity contribution in [2.45, 2.75) is 77.6 Å². The van der Waals surface area contributed by atoms with Crippen LogP contribution in [0.1, 0.15) is 77.6 Å². The highest BCUT2D eigenvalue weighted by Gasteiger charge is 1.91. The molecule has 0 bridgehead atoms. The molecule has 0 unspecified atom stereocenters. The molecule has 0 rings (SSSR count). The monoisotopic (exact) mass is 247 g/mol. The molecule has 103 valence electrons. The van der Waals surface area contributed by atoms with Gasteiger partial charge in [0.15, 0.2) is 0 Å². The van der Waals surface area contributed by atoms with E-state index in [1.54, 1.807) is 6.08 Å². The summed E-state index contributed by atoms with van der Waals surface area (Å²) in [5.41, 5.74) is 0. The summed E-state index contributed by atoms with van der Waals surface area (Å²) < 4.78 is 0. The standard InChI is InChI=1S/C18H31/c1-3-5-7-9-11-13-15-17-18-16-14-12-10-8-6-4-2/h1,3,5,7,9,11H,4,6,8,10,12-18H2,2H3/b3-1?,7-5+,11-9?. The Labute approximate surface area is 115 Å². The van der Waals surface area contributed by atoms with Gasteiger partial charge in [0.1, 0.15) is 0 Å². The molecule has 0 heteroatoms. The maximum atomic E-state index is 5.23. The predicted molar refractivity (Wildman–Crippen MR) is 83.6 cm³/mol. The van der Waals surface area contributed by atoms with Crippen LogP contribution in [0.2, 0.25) is 0 Å². The lowest BCUT2D eigenvalue weighted by molar-refractivity contribution is 0.557. The lowest BCUT2D eigenvalue weighted by Gasteiger charge is -2.01. The van der Waals surface area contributed by atoms with Gasteiger partial charge in [0.25, 0.3) is 0 Å². The maximum Gasteiger partial charge on any atom is -0.0348 e. The Balaban J connectivity index is 3.05. The summed E-state index contributed by atoms with van der Waals surface area (Å²) in [6, 6.07) is 0. The highest BCUT2D eigenvalue weighted by Crippen LogP contribution is 2.11. The lowest BCUT2D eigenvalue weighted by Crippen LogP contribution is -1.81. The zero-order valence-corrected chi connectivity index (χ0v) is 12.2. The molecule has 0 aliphatic carbocycles. The molecular formula is C18H31. The van der Waals surface area contributed by atoms with Gasteiger partial charge < -0.3 is 0 Å². The topological polar surface area (TPSA) is 0 Å². The Morgan fingerprint density at radius 1 is 0.667 bits per heavy atom. The molecule has 0 atom stereocenters. The predicted octanol–water partition coefficient (Wildman–Crippen LogP) is 6.40. The molecular weight excluding hydrogens is 216 g/mol. The van der Waals surface area contributed by atoms with Crippen molar-refractivity contribution < 1.29 is 0 Å². The molecule has 0 fully saturated rings. The van der Waals surface area contributed by atoms with Gasteiger partial charge in [-0.1, -0.05) is 102 Å². The summed E-state index contributed by atoms with van der Waals surface area (Å²) >= 11 is 0. The molecule has 0 spiro atoms. The first-order valence-corrected chi connectivity index (χ1v) is 7.78. The summed E-state index contributed by atoms with van der Waals surface area (Å²) in [5, 5.41) is 0. The van der Waals surface area contributed by atoms with Gasteiger partial charge in [-0.3, -0.25) is 0 Å². The average Bonchev–Trinajstić information content (AvgIpc) is 2.39. The van der Waals surface area contributed by atoms with Crippen LogP contribution in [0, 0.1) is 6.58 Å². The van der Waals surface area contributed by atoms with Crippen molar-refractivity contribution in [3.8, 4) is 0 Å². The van der Waals surface area contributed by atoms with Crippen LogP contribution in [-0.2, 0) is 0 Å². The largest absolute Gasteiger partial charge is 0.0845 e. The van der Waals surface area contributed by atoms with E-state index in [4.69, 9.17) is 6.58 Å². The minimum Gasteiger partial charge on any atom is -0.0845 e. The van der Waals surface area contributed by atoms with Gasteiger partial charge in [-0.15, -0.1) is 0 Å². The SMILES string of the molecule is [CH]=C/C=C/C=CCCCCCCCCCCCC. The van der Waals surface area contributed by atoms with Crippen molar-refractivity contribution in [2.75, 3.05) is 0 Å². The van der Waals surface area contributed by atoms with Crippen LogP contribution in [-0.4, -0.2) is 0 Å². The normalized spacial score (nSPS) is 11.6. The molecule has 0 saturated carbocycles. The summed E-state index contributed by atoms with van der Waals surface area (Å²) in [5.74, 6) is 0. The van der Waals surface area contributed by atoms with E-state index < -0.39 is 0 Å². The third kappa shape index (κ3) is 15.2. The molecule has 1 radical (unpaired) electrons. The fourth-order valence-corrected chi connectivity index (χ4v) is 2.05. The first-order valence-electron chi connectivity index (χ1n) is 7.78. The third-order valence-corrected chi connectivity index (χ3v) is 3.19. The van der Waals surface area contributed by atoms with E-state index in [1.807, 2.05) is 12.2 Å². The van der Waals surface area contributed by atoms with E-state index in [0.717, 1.165) is 0 Å². The molecule has 0 heterocycles. The second kappa shape index (κ2) is 16.2. The zero-order valence-electron chi connectivity index (χ0n) is 12.2. The van der Waals surface area contributed by atoms with Gasteiger partial charge in [-0.25, -0.2) is 0 Å². The summed E-state index contributed by atoms with van der Waals surface area (Å²) in [7, 11) is 0. The Bertz CT molecular complexity index is 210. The van der Waals surface area contributed by atoms with Crippen molar-refractivity contribution in [3.63, 3.8) is 0 Å². The van der Waals surface area contributed by atoms with Gasteiger partial charge >= 0.3 is 0 Å². The third-order valence-electron chi connectivity index (χ3n) is 3.19. The molecule has 0 nitrogen and oxygen atoms in total. The Morgan fingerprint density at radius 2 is 1.22 bits per heavy atom. The fourth-order valence-electron chi connectivity index (χ4n) is 2.05. The first kappa shape index (κ1) is 17.2. The summed E-state index contributed by atoms with van der Waals surface area (Å²) in [6.45, 7) is 7.51. The molecule has 0 aliphatic heterocycles. The van der Waals surface area contributed by atoms with Crippen LogP contribution in [0.25, 0.3) is 0 Å². The highest BCUT2D eigenvalue weighted by molar-refractivity contribution is 5.07. The zero-order chi connectivity index (χ0) is 13.3. The van der Waals surface area contributed by atoms with E-state index in [-0.39, 0.29) is 0 Å². The van der Waals surface area contributed by atoms with Crippen LogP contribution in [0.4, 0.5) is 0 Å². The highest BCUT2D eigenvalue weighted by atomic mass is 14.0. The number of hydrogen-bond acceptors (Lipinski definition) is 0. The smallest absolute Gasteiger partial charge is 0.0348 e. The Kier molecular flexibility index (Phi) is 15.5. The minimum absolute atomic E-state index is 1.20. The van der Waals surface area contributed by atoms with E-state index in [9.17, 15) is 0 Å². The van der Waals surface area contributed by atoms with Gasteiger partial charge in [0, 0.05) is 0 Å². The van der Waals surface area contributed by atoms with Crippen molar-refractivity contribution >= 4 is 0 Å². The fraction of sp³-hybridized carbons (Fsp3) is 0.667. The quantitative estimate of drug-likeness (QED) is 0.261. The second-order valence-electron chi connectivity index (χ2n) is 4.98. The van der Waals surface area contributed by atoms with E-state index in [1.165, 1.54) is 70.6 Å². The van der Waals surface area contributed by atoms with Crippen LogP contribution in [0.15, 0.2) is 30.4 Å². The number of unbranched alkanes of at least 4 members (excludes halogenated alkanes) is 10. The molecule has 0 aromatic carbocycles. The van der Waals surface area contributed by atoms with Gasteiger partial charge in [0.2, 0.25) is 0 Å². The summed E-state index contributed by atoms with van der Waals surface area (Å²) in [4.78, 5) is 0. The number of allylic oxidation sites excluding steroid dienone is 5. The van der Waals surface area contributed by atoms with Crippen LogP contribution in [0.5, 0.6) is 0 Å². The van der Waals surface area contributed by atoms with Crippen molar-refractivity contribution in [2.24, 2.45) is 0 Å². The molecule has 0 aromatic heterocycles. The number of rotatable bonds is 13. The van der Waals surface area contributed by atoms with Crippen LogP contribution in [0.3, 0.4) is 0 Å². The van der Waals surface area contributed by atoms with E-state index in [0.29, 0.717) is 0 Å². The molecule has 0 aliphatic rings. The van der Waals surface area contributed by atoms with Gasteiger partial charge in [-0.05, 0) is 12.8 Å². The minimum atomic E-state index is 1.20. The van der Waals surface area contributed by atoms with E-state index in [2.05, 4.69) is 19.1 Å². The average molecular weight is 247 g/mol. The molecule has 0 N–H and O–H groups in total. The number of hydrogen-bond donors (Lipinski definition) is 0. The lowest BCUT2D eigenvalue weighted by atomic mass is 10.1. The molecule has 18 heavy (non-hydrogen) atoms. The maximum absolute atomic E-state index is 5.23. The molecule has 0 amide bonds. The van der Waals surface area contributed by atoms with Crippen molar-refractivity contribution in [1.29, 1.82) is 0 Å². The van der Waals surface area contributed by atoms with Crippen LogP contribution >= 0.6 is 0 Å². The van der Waals surface area contributed by atoms with Gasteiger partial charge in [0.05, 0.1) is 0 Å². The van der Waals surface area contributed by atoms with Crippen LogP contribution < -0.4 is 0 Å².